The van der Waals surface area contributed by atoms with Gasteiger partial charge in [0.1, 0.15) is 5.54 Å². The van der Waals surface area contributed by atoms with E-state index in [9.17, 15) is 14.7 Å². The van der Waals surface area contributed by atoms with Crippen molar-refractivity contribution >= 4 is 11.9 Å². The lowest BCUT2D eigenvalue weighted by molar-refractivity contribution is -0.140. The molecule has 1 aliphatic heterocycles. The number of carbonyl (C=O) groups is 2. The van der Waals surface area contributed by atoms with Crippen LogP contribution in [-0.2, 0) is 9.59 Å². The maximum absolute atomic E-state index is 13.4. The van der Waals surface area contributed by atoms with E-state index in [1.807, 2.05) is 30.3 Å². The van der Waals surface area contributed by atoms with Crippen LogP contribution in [-0.4, -0.2) is 40.5 Å². The van der Waals surface area contributed by atoms with Crippen LogP contribution in [0.2, 0.25) is 0 Å². The molecule has 0 radical (unpaired) electrons. The molecule has 1 saturated carbocycles. The molecule has 2 N–H and O–H groups in total. The summed E-state index contributed by atoms with van der Waals surface area (Å²) in [5.41, 5.74) is 0.400. The third-order valence-corrected chi connectivity index (χ3v) is 5.95. The molecule has 1 aromatic carbocycles. The van der Waals surface area contributed by atoms with Gasteiger partial charge < -0.3 is 10.4 Å². The molecular formula is C21H30N2O3. The zero-order valence-electron chi connectivity index (χ0n) is 15.5. The van der Waals surface area contributed by atoms with E-state index in [4.69, 9.17) is 0 Å². The largest absolute Gasteiger partial charge is 0.481 e. The lowest BCUT2D eigenvalue weighted by Gasteiger charge is -2.47. The number of piperidine rings is 1. The molecule has 0 spiro atoms. The van der Waals surface area contributed by atoms with E-state index >= 15 is 0 Å². The van der Waals surface area contributed by atoms with E-state index in [2.05, 4.69) is 10.2 Å². The van der Waals surface area contributed by atoms with Crippen LogP contribution in [0.1, 0.15) is 69.4 Å². The summed E-state index contributed by atoms with van der Waals surface area (Å²) in [6.45, 7) is 1.95. The Bertz CT molecular complexity index is 605. The van der Waals surface area contributed by atoms with Crippen molar-refractivity contribution in [1.29, 1.82) is 0 Å². The van der Waals surface area contributed by atoms with Crippen molar-refractivity contribution in [2.45, 2.75) is 69.4 Å². The molecule has 142 valence electrons. The molecule has 1 aromatic rings. The maximum Gasteiger partial charge on any atom is 0.305 e. The van der Waals surface area contributed by atoms with Crippen molar-refractivity contribution in [3.63, 3.8) is 0 Å². The molecule has 2 fully saturated rings. The summed E-state index contributed by atoms with van der Waals surface area (Å²) >= 11 is 0. The summed E-state index contributed by atoms with van der Waals surface area (Å²) in [6.07, 6.45) is 8.52. The van der Waals surface area contributed by atoms with Gasteiger partial charge in [-0.15, -0.1) is 0 Å². The first-order chi connectivity index (χ1) is 12.6. The summed E-state index contributed by atoms with van der Waals surface area (Å²) in [5, 5.41) is 12.4. The van der Waals surface area contributed by atoms with Crippen molar-refractivity contribution in [2.24, 2.45) is 0 Å². The average molecular weight is 358 g/mol. The highest BCUT2D eigenvalue weighted by Gasteiger charge is 2.45. The van der Waals surface area contributed by atoms with Crippen molar-refractivity contribution in [2.75, 3.05) is 13.1 Å². The van der Waals surface area contributed by atoms with E-state index in [0.717, 1.165) is 57.2 Å². The highest BCUT2D eigenvalue weighted by Crippen LogP contribution is 2.36. The molecule has 5 heteroatoms. The smallest absolute Gasteiger partial charge is 0.305 e. The second-order valence-corrected chi connectivity index (χ2v) is 7.67. The molecule has 1 heterocycles. The summed E-state index contributed by atoms with van der Waals surface area (Å²) in [7, 11) is 0. The minimum Gasteiger partial charge on any atom is -0.481 e. The van der Waals surface area contributed by atoms with Crippen molar-refractivity contribution in [3.05, 3.63) is 35.9 Å². The van der Waals surface area contributed by atoms with E-state index in [1.54, 1.807) is 0 Å². The van der Waals surface area contributed by atoms with E-state index in [0.29, 0.717) is 0 Å². The molecule has 5 nitrogen and oxygen atoms in total. The SMILES string of the molecule is O=C(O)C[C@@H](NC(=O)C1(N2CCCCC2)CCCCC1)c1ccccc1. The number of amides is 1. The molecular weight excluding hydrogens is 328 g/mol. The van der Waals surface area contributed by atoms with Crippen LogP contribution < -0.4 is 5.32 Å². The van der Waals surface area contributed by atoms with E-state index in [1.165, 1.54) is 12.8 Å². The number of carbonyl (C=O) groups excluding carboxylic acids is 1. The summed E-state index contributed by atoms with van der Waals surface area (Å²) < 4.78 is 0. The Balaban J connectivity index is 1.81. The Morgan fingerprint density at radius 1 is 1.00 bits per heavy atom. The first-order valence-electron chi connectivity index (χ1n) is 9.94. The van der Waals surface area contributed by atoms with Gasteiger partial charge in [-0.1, -0.05) is 56.0 Å². The molecule has 1 saturated heterocycles. The summed E-state index contributed by atoms with van der Waals surface area (Å²) in [4.78, 5) is 27.2. The number of nitrogens with zero attached hydrogens (tertiary/aromatic N) is 1. The van der Waals surface area contributed by atoms with Crippen LogP contribution in [0.15, 0.2) is 30.3 Å². The first-order valence-corrected chi connectivity index (χ1v) is 9.94. The fraction of sp³-hybridized carbons (Fsp3) is 0.619. The highest BCUT2D eigenvalue weighted by atomic mass is 16.4. The van der Waals surface area contributed by atoms with E-state index in [-0.39, 0.29) is 12.3 Å². The molecule has 3 rings (SSSR count). The number of benzene rings is 1. The molecule has 26 heavy (non-hydrogen) atoms. The predicted molar refractivity (Wildman–Crippen MR) is 101 cm³/mol. The summed E-state index contributed by atoms with van der Waals surface area (Å²) in [5.74, 6) is -0.871. The Morgan fingerprint density at radius 2 is 1.62 bits per heavy atom. The topological polar surface area (TPSA) is 69.6 Å². The second-order valence-electron chi connectivity index (χ2n) is 7.67. The zero-order chi connectivity index (χ0) is 18.4. The van der Waals surface area contributed by atoms with Crippen LogP contribution in [0.4, 0.5) is 0 Å². The van der Waals surface area contributed by atoms with Gasteiger partial charge >= 0.3 is 5.97 Å². The highest BCUT2D eigenvalue weighted by molar-refractivity contribution is 5.87. The van der Waals surface area contributed by atoms with Gasteiger partial charge in [0.15, 0.2) is 0 Å². The molecule has 1 atom stereocenters. The van der Waals surface area contributed by atoms with Gasteiger partial charge in [-0.3, -0.25) is 14.5 Å². The Labute approximate surface area is 155 Å². The zero-order valence-corrected chi connectivity index (χ0v) is 15.5. The Morgan fingerprint density at radius 3 is 2.23 bits per heavy atom. The van der Waals surface area contributed by atoms with Crippen LogP contribution >= 0.6 is 0 Å². The number of carboxylic acids is 1. The minimum atomic E-state index is -0.894. The van der Waals surface area contributed by atoms with Crippen LogP contribution in [0.3, 0.4) is 0 Å². The normalized spacial score (nSPS) is 21.7. The maximum atomic E-state index is 13.4. The lowest BCUT2D eigenvalue weighted by atomic mass is 9.78. The number of carboxylic acid groups (broad SMARTS) is 1. The molecule has 0 bridgehead atoms. The van der Waals surface area contributed by atoms with Gasteiger partial charge in [0.2, 0.25) is 5.91 Å². The monoisotopic (exact) mass is 358 g/mol. The van der Waals surface area contributed by atoms with Gasteiger partial charge in [-0.25, -0.2) is 0 Å². The van der Waals surface area contributed by atoms with Gasteiger partial charge in [-0.2, -0.15) is 0 Å². The fourth-order valence-corrected chi connectivity index (χ4v) is 4.55. The number of aliphatic carboxylic acids is 1. The Hall–Kier alpha value is -1.88. The molecule has 0 aromatic heterocycles. The minimum absolute atomic E-state index is 0.0224. The van der Waals surface area contributed by atoms with Gasteiger partial charge in [-0.05, 0) is 44.3 Å². The van der Waals surface area contributed by atoms with Crippen molar-refractivity contribution in [1.82, 2.24) is 10.2 Å². The number of hydrogen-bond donors (Lipinski definition) is 2. The first kappa shape index (κ1) is 18.9. The van der Waals surface area contributed by atoms with Gasteiger partial charge in [0, 0.05) is 0 Å². The lowest BCUT2D eigenvalue weighted by Crippen LogP contribution is -2.61. The van der Waals surface area contributed by atoms with E-state index < -0.39 is 17.6 Å². The molecule has 1 amide bonds. The fourth-order valence-electron chi connectivity index (χ4n) is 4.55. The summed E-state index contributed by atoms with van der Waals surface area (Å²) in [6, 6.07) is 8.98. The standard InChI is InChI=1S/C21H30N2O3/c24-19(25)16-18(17-10-4-1-5-11-17)22-20(26)21(12-6-2-7-13-21)23-14-8-3-9-15-23/h1,4-5,10-11,18H,2-3,6-9,12-16H2,(H,22,26)(H,24,25)/t18-/m1/s1. The molecule has 2 aliphatic rings. The number of hydrogen-bond acceptors (Lipinski definition) is 3. The number of likely N-dealkylation sites (tertiary alicyclic amines) is 1. The van der Waals surface area contributed by atoms with Crippen molar-refractivity contribution in [3.8, 4) is 0 Å². The third-order valence-electron chi connectivity index (χ3n) is 5.95. The van der Waals surface area contributed by atoms with Gasteiger partial charge in [0.05, 0.1) is 12.5 Å². The second kappa shape index (κ2) is 8.67. The van der Waals surface area contributed by atoms with Crippen LogP contribution in [0.5, 0.6) is 0 Å². The average Bonchev–Trinajstić information content (AvgIpc) is 2.69. The number of nitrogens with one attached hydrogen (secondary N) is 1. The predicted octanol–water partition coefficient (Wildman–Crippen LogP) is 3.51. The van der Waals surface area contributed by atoms with Gasteiger partial charge in [0.25, 0.3) is 0 Å². The number of rotatable bonds is 6. The van der Waals surface area contributed by atoms with Crippen molar-refractivity contribution < 1.29 is 14.7 Å². The quantitative estimate of drug-likeness (QED) is 0.816. The van der Waals surface area contributed by atoms with Crippen LogP contribution in [0, 0.1) is 0 Å². The Kier molecular flexibility index (Phi) is 6.30. The molecule has 0 unspecified atom stereocenters. The third kappa shape index (κ3) is 4.26. The molecule has 1 aliphatic carbocycles. The van der Waals surface area contributed by atoms with Crippen LogP contribution in [0.25, 0.3) is 0 Å².